The van der Waals surface area contributed by atoms with Gasteiger partial charge in [0.25, 0.3) is 0 Å². The molecule has 0 aromatic carbocycles. The van der Waals surface area contributed by atoms with E-state index in [0.717, 1.165) is 5.69 Å². The van der Waals surface area contributed by atoms with Crippen LogP contribution in [0.3, 0.4) is 0 Å². The zero-order chi connectivity index (χ0) is 18.6. The molecule has 0 aliphatic heterocycles. The van der Waals surface area contributed by atoms with E-state index in [1.165, 1.54) is 0 Å². The Morgan fingerprint density at radius 2 is 2.08 bits per heavy atom. The van der Waals surface area contributed by atoms with E-state index in [0.29, 0.717) is 23.8 Å². The van der Waals surface area contributed by atoms with Crippen LogP contribution in [0.4, 0.5) is 0 Å². The van der Waals surface area contributed by atoms with Gasteiger partial charge in [0.2, 0.25) is 0 Å². The van der Waals surface area contributed by atoms with Crippen molar-refractivity contribution in [2.75, 3.05) is 0 Å². The summed E-state index contributed by atoms with van der Waals surface area (Å²) in [7, 11) is 0. The molecule has 1 aromatic rings. The fourth-order valence-corrected chi connectivity index (χ4v) is 5.80. The lowest BCUT2D eigenvalue weighted by atomic mass is 9.44. The number of nitrogens with zero attached hydrogens (tertiary/aromatic N) is 2. The van der Waals surface area contributed by atoms with Crippen LogP contribution in [0.1, 0.15) is 58.2 Å². The van der Waals surface area contributed by atoms with Gasteiger partial charge in [-0.15, -0.1) is 0 Å². The molecule has 0 saturated heterocycles. The van der Waals surface area contributed by atoms with Gasteiger partial charge < -0.3 is 10.5 Å². The topological polar surface area (TPSA) is 96.5 Å². The van der Waals surface area contributed by atoms with Crippen LogP contribution in [0.15, 0.2) is 6.20 Å². The second kappa shape index (κ2) is 5.44. The summed E-state index contributed by atoms with van der Waals surface area (Å²) in [5.41, 5.74) is 0.272. The van der Waals surface area contributed by atoms with Crippen molar-refractivity contribution in [3.63, 3.8) is 0 Å². The SMILES string of the molecule is C[C@@H]1C2(CC#CC(C)(C)O)C(c3[nH]ncc3C#N)[C@@H](C=N)C1(C)[C@H]2C. The van der Waals surface area contributed by atoms with Crippen molar-refractivity contribution in [3.8, 4) is 17.9 Å². The molecule has 5 nitrogen and oxygen atoms in total. The molecule has 4 rings (SSSR count). The van der Waals surface area contributed by atoms with Crippen LogP contribution < -0.4 is 0 Å². The van der Waals surface area contributed by atoms with Gasteiger partial charge in [-0.3, -0.25) is 5.10 Å². The number of hydrogen-bond acceptors (Lipinski definition) is 4. The summed E-state index contributed by atoms with van der Waals surface area (Å²) >= 11 is 0. The highest BCUT2D eigenvalue weighted by atomic mass is 16.3. The highest BCUT2D eigenvalue weighted by Crippen LogP contribution is 2.81. The maximum Gasteiger partial charge on any atom is 0.119 e. The second-order valence-electron chi connectivity index (χ2n) is 8.44. The van der Waals surface area contributed by atoms with Crippen LogP contribution in [0.25, 0.3) is 0 Å². The molecular weight excluding hydrogens is 312 g/mol. The number of aliphatic hydroxyl groups is 1. The van der Waals surface area contributed by atoms with Crippen molar-refractivity contribution in [1.82, 2.24) is 10.2 Å². The first kappa shape index (κ1) is 17.7. The van der Waals surface area contributed by atoms with Crippen molar-refractivity contribution < 1.29 is 5.11 Å². The molecule has 2 bridgehead atoms. The Morgan fingerprint density at radius 1 is 1.44 bits per heavy atom. The molecular formula is C20H26N4O. The smallest absolute Gasteiger partial charge is 0.119 e. The molecule has 1 aromatic heterocycles. The predicted octanol–water partition coefficient (Wildman–Crippen LogP) is 3.09. The number of aromatic nitrogens is 2. The minimum absolute atomic E-state index is 0.0145. The third-order valence-corrected chi connectivity index (χ3v) is 7.20. The lowest BCUT2D eigenvalue weighted by Crippen LogP contribution is -2.55. The van der Waals surface area contributed by atoms with E-state index in [2.05, 4.69) is 48.9 Å². The first-order chi connectivity index (χ1) is 11.6. The molecule has 0 spiro atoms. The van der Waals surface area contributed by atoms with Gasteiger partial charge in [0.15, 0.2) is 0 Å². The molecule has 132 valence electrons. The highest BCUT2D eigenvalue weighted by Gasteiger charge is 2.78. The van der Waals surface area contributed by atoms with Gasteiger partial charge in [0, 0.05) is 18.3 Å². The summed E-state index contributed by atoms with van der Waals surface area (Å²) in [6.07, 6.45) is 3.77. The number of nitrogens with one attached hydrogen (secondary N) is 2. The summed E-state index contributed by atoms with van der Waals surface area (Å²) in [5.74, 6) is 6.96. The van der Waals surface area contributed by atoms with E-state index in [1.807, 2.05) is 0 Å². The van der Waals surface area contributed by atoms with Crippen molar-refractivity contribution in [2.45, 2.75) is 52.6 Å². The van der Waals surface area contributed by atoms with Crippen molar-refractivity contribution in [1.29, 1.82) is 10.7 Å². The molecule has 0 amide bonds. The number of nitriles is 1. The predicted molar refractivity (Wildman–Crippen MR) is 95.9 cm³/mol. The number of H-pyrrole nitrogens is 1. The minimum Gasteiger partial charge on any atom is -0.378 e. The summed E-state index contributed by atoms with van der Waals surface area (Å²) in [5, 5.41) is 34.6. The van der Waals surface area contributed by atoms with Gasteiger partial charge in [0.1, 0.15) is 11.7 Å². The van der Waals surface area contributed by atoms with Crippen LogP contribution in [0, 0.1) is 57.2 Å². The second-order valence-corrected chi connectivity index (χ2v) is 8.44. The molecule has 3 fully saturated rings. The van der Waals surface area contributed by atoms with Gasteiger partial charge >= 0.3 is 0 Å². The monoisotopic (exact) mass is 338 g/mol. The van der Waals surface area contributed by atoms with E-state index in [9.17, 15) is 10.4 Å². The Hall–Kier alpha value is -2.11. The third-order valence-electron chi connectivity index (χ3n) is 7.20. The molecule has 3 saturated carbocycles. The van der Waals surface area contributed by atoms with Crippen molar-refractivity contribution in [3.05, 3.63) is 17.5 Å². The maximum atomic E-state index is 9.93. The Bertz CT molecular complexity index is 788. The summed E-state index contributed by atoms with van der Waals surface area (Å²) in [4.78, 5) is 0. The number of fused-ring (bicyclic) bond motifs is 1. The fraction of sp³-hybridized carbons (Fsp3) is 0.650. The van der Waals surface area contributed by atoms with Crippen LogP contribution in [0.5, 0.6) is 0 Å². The highest BCUT2D eigenvalue weighted by molar-refractivity contribution is 5.65. The van der Waals surface area contributed by atoms with Crippen LogP contribution in [-0.4, -0.2) is 27.1 Å². The van der Waals surface area contributed by atoms with E-state index in [-0.39, 0.29) is 22.7 Å². The molecule has 3 unspecified atom stereocenters. The van der Waals surface area contributed by atoms with E-state index < -0.39 is 5.60 Å². The number of hydrogen-bond donors (Lipinski definition) is 3. The average Bonchev–Trinajstić information content (AvgIpc) is 3.14. The molecule has 5 heteroatoms. The third kappa shape index (κ3) is 2.12. The molecule has 1 heterocycles. The largest absolute Gasteiger partial charge is 0.378 e. The Balaban J connectivity index is 2.11. The van der Waals surface area contributed by atoms with Gasteiger partial charge in [0.05, 0.1) is 17.5 Å². The quantitative estimate of drug-likeness (QED) is 0.583. The van der Waals surface area contributed by atoms with E-state index in [1.54, 1.807) is 26.3 Å². The molecule has 25 heavy (non-hydrogen) atoms. The Morgan fingerprint density at radius 3 is 2.60 bits per heavy atom. The number of aromatic amines is 1. The standard InChI is InChI=1S/C20H26N4O/c1-12-19(5)13(2)20(12,8-6-7-18(3,4)25)16(15(19)10-22)17-14(9-21)11-23-24-17/h10-13,15-16,22,25H,8H2,1-5H3,(H,23,24)/t12-,13+,15-,16?,19?,20?/m1/s1. The lowest BCUT2D eigenvalue weighted by molar-refractivity contribution is -0.113. The fourth-order valence-electron chi connectivity index (χ4n) is 5.80. The average molecular weight is 338 g/mol. The molecule has 3 N–H and O–H groups in total. The Labute approximate surface area is 149 Å². The van der Waals surface area contributed by atoms with Gasteiger partial charge in [-0.1, -0.05) is 32.6 Å². The summed E-state index contributed by atoms with van der Waals surface area (Å²) in [6, 6.07) is 2.23. The zero-order valence-corrected chi connectivity index (χ0v) is 15.5. The van der Waals surface area contributed by atoms with Crippen LogP contribution in [0.2, 0.25) is 0 Å². The van der Waals surface area contributed by atoms with Crippen LogP contribution in [-0.2, 0) is 0 Å². The van der Waals surface area contributed by atoms with E-state index >= 15 is 0 Å². The van der Waals surface area contributed by atoms with Crippen molar-refractivity contribution >= 4 is 6.21 Å². The summed E-state index contributed by atoms with van der Waals surface area (Å²) in [6.45, 7) is 10.1. The number of rotatable bonds is 3. The first-order valence-electron chi connectivity index (χ1n) is 8.81. The van der Waals surface area contributed by atoms with Gasteiger partial charge in [-0.05, 0) is 42.7 Å². The van der Waals surface area contributed by atoms with Gasteiger partial charge in [-0.2, -0.15) is 10.4 Å². The van der Waals surface area contributed by atoms with Crippen LogP contribution >= 0.6 is 0 Å². The van der Waals surface area contributed by atoms with Gasteiger partial charge in [-0.25, -0.2) is 0 Å². The maximum absolute atomic E-state index is 9.93. The Kier molecular flexibility index (Phi) is 3.86. The zero-order valence-electron chi connectivity index (χ0n) is 15.5. The van der Waals surface area contributed by atoms with E-state index in [4.69, 9.17) is 5.41 Å². The molecule has 3 aliphatic rings. The minimum atomic E-state index is -1.02. The molecule has 6 atom stereocenters. The molecule has 3 aliphatic carbocycles. The lowest BCUT2D eigenvalue weighted by Gasteiger charge is -2.60. The normalized spacial score (nSPS) is 39.1. The molecule has 0 radical (unpaired) electrons. The first-order valence-corrected chi connectivity index (χ1v) is 8.81. The summed E-state index contributed by atoms with van der Waals surface area (Å²) < 4.78 is 0. The van der Waals surface area contributed by atoms with Crippen molar-refractivity contribution in [2.24, 2.45) is 28.6 Å².